The minimum Gasteiger partial charge on any atom is -0.449 e. The van der Waals surface area contributed by atoms with Crippen molar-refractivity contribution in [2.24, 2.45) is 0 Å². The van der Waals surface area contributed by atoms with Gasteiger partial charge in [-0.25, -0.2) is 9.78 Å². The molecule has 0 unspecified atom stereocenters. The quantitative estimate of drug-likeness (QED) is 0.504. The fourth-order valence-corrected chi connectivity index (χ4v) is 2.73. The summed E-state index contributed by atoms with van der Waals surface area (Å²) >= 11 is 1.39. The third-order valence-corrected chi connectivity index (χ3v) is 4.27. The zero-order valence-electron chi connectivity index (χ0n) is 14.1. The average Bonchev–Trinajstić information content (AvgIpc) is 3.12. The number of aromatic nitrogens is 3. The lowest BCUT2D eigenvalue weighted by atomic mass is 10.1. The third-order valence-electron chi connectivity index (χ3n) is 3.56. The highest BCUT2D eigenvalue weighted by Crippen LogP contribution is 2.25. The van der Waals surface area contributed by atoms with Crippen LogP contribution in [-0.2, 0) is 4.74 Å². The van der Waals surface area contributed by atoms with E-state index in [0.29, 0.717) is 16.5 Å². The number of pyridine rings is 1. The van der Waals surface area contributed by atoms with Gasteiger partial charge in [-0.1, -0.05) is 17.7 Å². The Hall–Kier alpha value is -2.67. The predicted molar refractivity (Wildman–Crippen MR) is 94.3 cm³/mol. The average molecular weight is 355 g/mol. The maximum Gasteiger partial charge on any atom is 0.341 e. The monoisotopic (exact) mass is 355 g/mol. The van der Waals surface area contributed by atoms with Gasteiger partial charge in [0.15, 0.2) is 6.10 Å². The van der Waals surface area contributed by atoms with E-state index in [2.05, 4.69) is 15.2 Å². The molecule has 25 heavy (non-hydrogen) atoms. The second-order valence-electron chi connectivity index (χ2n) is 5.42. The molecule has 0 fully saturated rings. The molecule has 128 valence electrons. The number of carbonyl (C=O) groups excluding carboxylic acids is 1. The number of carbonyl (C=O) groups is 1. The molecule has 7 heteroatoms. The summed E-state index contributed by atoms with van der Waals surface area (Å²) in [4.78, 5) is 16.5. The number of thioether (sulfide) groups is 1. The summed E-state index contributed by atoms with van der Waals surface area (Å²) in [5.74, 6) is 0.169. The van der Waals surface area contributed by atoms with Crippen LogP contribution in [0.1, 0.15) is 34.8 Å². The number of hydrogen-bond donors (Lipinski definition) is 0. The number of rotatable bonds is 5. The van der Waals surface area contributed by atoms with Crippen LogP contribution in [0.25, 0.3) is 11.5 Å². The van der Waals surface area contributed by atoms with Gasteiger partial charge in [0.2, 0.25) is 5.89 Å². The number of hydrogen-bond acceptors (Lipinski definition) is 7. The number of ether oxygens (including phenoxy) is 1. The number of benzene rings is 1. The molecular weight excluding hydrogens is 338 g/mol. The van der Waals surface area contributed by atoms with Crippen molar-refractivity contribution in [1.82, 2.24) is 15.2 Å². The van der Waals surface area contributed by atoms with Crippen molar-refractivity contribution >= 4 is 17.7 Å². The van der Waals surface area contributed by atoms with Crippen LogP contribution in [0.3, 0.4) is 0 Å². The standard InChI is InChI=1S/C18H17N3O3S/c1-11-6-8-13(9-7-11)16-21-20-15(24-16)12(2)23-18(22)14-5-4-10-19-17(14)25-3/h4-10,12H,1-3H3/t12-/m1/s1. The predicted octanol–water partition coefficient (Wildman–Crippen LogP) is 4.08. The van der Waals surface area contributed by atoms with Crippen LogP contribution < -0.4 is 0 Å². The van der Waals surface area contributed by atoms with E-state index in [0.717, 1.165) is 11.1 Å². The Kier molecular flexibility index (Phi) is 5.14. The summed E-state index contributed by atoms with van der Waals surface area (Å²) in [6.45, 7) is 3.70. The SMILES string of the molecule is CSc1ncccc1C(=O)O[C@H](C)c1nnc(-c2ccc(C)cc2)o1. The molecule has 3 aromatic rings. The van der Waals surface area contributed by atoms with Gasteiger partial charge in [0.05, 0.1) is 5.56 Å². The number of esters is 1. The third kappa shape index (κ3) is 3.88. The van der Waals surface area contributed by atoms with Crippen LogP contribution in [-0.4, -0.2) is 27.4 Å². The molecule has 0 amide bonds. The Labute approximate surface area is 149 Å². The summed E-state index contributed by atoms with van der Waals surface area (Å²) in [5, 5.41) is 8.63. The molecule has 0 aliphatic carbocycles. The minimum absolute atomic E-state index is 0.249. The minimum atomic E-state index is -0.658. The van der Waals surface area contributed by atoms with Crippen molar-refractivity contribution in [3.8, 4) is 11.5 Å². The summed E-state index contributed by atoms with van der Waals surface area (Å²) in [6.07, 6.45) is 2.83. The van der Waals surface area contributed by atoms with Gasteiger partial charge in [-0.2, -0.15) is 0 Å². The van der Waals surface area contributed by atoms with E-state index in [-0.39, 0.29) is 5.89 Å². The normalized spacial score (nSPS) is 12.0. The molecule has 1 aromatic carbocycles. The van der Waals surface area contributed by atoms with Gasteiger partial charge in [-0.3, -0.25) is 0 Å². The summed E-state index contributed by atoms with van der Waals surface area (Å²) in [7, 11) is 0. The maximum absolute atomic E-state index is 12.4. The largest absolute Gasteiger partial charge is 0.449 e. The second kappa shape index (κ2) is 7.48. The van der Waals surface area contributed by atoms with Crippen LogP contribution in [0.5, 0.6) is 0 Å². The molecule has 0 saturated carbocycles. The van der Waals surface area contributed by atoms with Gasteiger partial charge in [0, 0.05) is 11.8 Å². The maximum atomic E-state index is 12.4. The first-order valence-electron chi connectivity index (χ1n) is 7.69. The van der Waals surface area contributed by atoms with Crippen molar-refractivity contribution in [3.05, 3.63) is 59.6 Å². The van der Waals surface area contributed by atoms with Gasteiger partial charge in [0.1, 0.15) is 5.03 Å². The molecule has 0 saturated heterocycles. The molecule has 2 heterocycles. The lowest BCUT2D eigenvalue weighted by Gasteiger charge is -2.10. The topological polar surface area (TPSA) is 78.1 Å². The van der Waals surface area contributed by atoms with Gasteiger partial charge >= 0.3 is 5.97 Å². The molecule has 0 N–H and O–H groups in total. The van der Waals surface area contributed by atoms with Gasteiger partial charge in [0.25, 0.3) is 5.89 Å². The van der Waals surface area contributed by atoms with Gasteiger partial charge in [-0.05, 0) is 44.4 Å². The first-order valence-corrected chi connectivity index (χ1v) is 8.91. The number of nitrogens with zero attached hydrogens (tertiary/aromatic N) is 3. The van der Waals surface area contributed by atoms with Gasteiger partial charge in [-0.15, -0.1) is 22.0 Å². The zero-order chi connectivity index (χ0) is 17.8. The fourth-order valence-electron chi connectivity index (χ4n) is 2.19. The van der Waals surface area contributed by atoms with E-state index >= 15 is 0 Å². The highest BCUT2D eigenvalue weighted by atomic mass is 32.2. The fraction of sp³-hybridized carbons (Fsp3) is 0.222. The highest BCUT2D eigenvalue weighted by Gasteiger charge is 2.21. The van der Waals surface area contributed by atoms with Crippen LogP contribution in [0.2, 0.25) is 0 Å². The van der Waals surface area contributed by atoms with E-state index < -0.39 is 12.1 Å². The van der Waals surface area contributed by atoms with Crippen LogP contribution in [0.15, 0.2) is 52.0 Å². The summed E-state index contributed by atoms with van der Waals surface area (Å²) in [6, 6.07) is 11.1. The van der Waals surface area contributed by atoms with Crippen molar-refractivity contribution in [1.29, 1.82) is 0 Å². The highest BCUT2D eigenvalue weighted by molar-refractivity contribution is 7.98. The molecule has 0 spiro atoms. The van der Waals surface area contributed by atoms with E-state index in [1.807, 2.05) is 37.4 Å². The van der Waals surface area contributed by atoms with Crippen LogP contribution >= 0.6 is 11.8 Å². The number of aryl methyl sites for hydroxylation is 1. The summed E-state index contributed by atoms with van der Waals surface area (Å²) < 4.78 is 11.1. The Morgan fingerprint density at radius 2 is 1.96 bits per heavy atom. The molecule has 0 radical (unpaired) electrons. The lowest BCUT2D eigenvalue weighted by Crippen LogP contribution is -2.11. The van der Waals surface area contributed by atoms with E-state index in [1.165, 1.54) is 11.8 Å². The van der Waals surface area contributed by atoms with E-state index in [1.54, 1.807) is 25.3 Å². The molecule has 2 aromatic heterocycles. The molecule has 0 bridgehead atoms. The van der Waals surface area contributed by atoms with Crippen molar-refractivity contribution in [3.63, 3.8) is 0 Å². The van der Waals surface area contributed by atoms with Gasteiger partial charge < -0.3 is 9.15 Å². The van der Waals surface area contributed by atoms with Crippen LogP contribution in [0.4, 0.5) is 0 Å². The first kappa shape index (κ1) is 17.2. The molecular formula is C18H17N3O3S. The molecule has 0 aliphatic rings. The Morgan fingerprint density at radius 3 is 2.68 bits per heavy atom. The first-order chi connectivity index (χ1) is 12.1. The molecule has 3 rings (SSSR count). The Morgan fingerprint density at radius 1 is 1.20 bits per heavy atom. The molecule has 0 aliphatic heterocycles. The van der Waals surface area contributed by atoms with Crippen molar-refractivity contribution in [2.75, 3.05) is 6.26 Å². The van der Waals surface area contributed by atoms with E-state index in [9.17, 15) is 4.79 Å². The van der Waals surface area contributed by atoms with Crippen LogP contribution in [0, 0.1) is 6.92 Å². The molecule has 1 atom stereocenters. The lowest BCUT2D eigenvalue weighted by molar-refractivity contribution is 0.0275. The zero-order valence-corrected chi connectivity index (χ0v) is 14.9. The van der Waals surface area contributed by atoms with Crippen molar-refractivity contribution < 1.29 is 13.9 Å². The molecule has 6 nitrogen and oxygen atoms in total. The Bertz CT molecular complexity index is 877. The second-order valence-corrected chi connectivity index (χ2v) is 6.21. The Balaban J connectivity index is 1.74. The summed E-state index contributed by atoms with van der Waals surface area (Å²) in [5.41, 5.74) is 2.38. The smallest absolute Gasteiger partial charge is 0.341 e. The van der Waals surface area contributed by atoms with E-state index in [4.69, 9.17) is 9.15 Å². The van der Waals surface area contributed by atoms with Crippen molar-refractivity contribution in [2.45, 2.75) is 25.0 Å².